The molecule has 162 valence electrons. The largest absolute Gasteiger partial charge is 0.478 e. The van der Waals surface area contributed by atoms with E-state index in [9.17, 15) is 19.8 Å². The Morgan fingerprint density at radius 1 is 0.844 bits per heavy atom. The van der Waals surface area contributed by atoms with Crippen LogP contribution in [0.1, 0.15) is 31.8 Å². The van der Waals surface area contributed by atoms with Gasteiger partial charge in [-0.2, -0.15) is 0 Å². The molecule has 0 amide bonds. The van der Waals surface area contributed by atoms with Gasteiger partial charge in [-0.3, -0.25) is 0 Å². The molecule has 2 N–H and O–H groups in total. The van der Waals surface area contributed by atoms with Crippen LogP contribution in [0.2, 0.25) is 13.1 Å². The number of carbonyl (C=O) groups is 2. The Kier molecular flexibility index (Phi) is 5.05. The zero-order chi connectivity index (χ0) is 23.4. The molecule has 3 aromatic carbocycles. The van der Waals surface area contributed by atoms with Crippen molar-refractivity contribution in [3.8, 4) is 0 Å². The summed E-state index contributed by atoms with van der Waals surface area (Å²) in [5, 5.41) is 23.6. The maximum absolute atomic E-state index is 12.2. The number of rotatable bonds is 4. The summed E-state index contributed by atoms with van der Waals surface area (Å²) in [7, 11) is 1.88. The van der Waals surface area contributed by atoms with Crippen LogP contribution in [0, 0.1) is 0 Å². The van der Waals surface area contributed by atoms with Gasteiger partial charge in [0.05, 0.1) is 11.1 Å². The lowest BCUT2D eigenvalue weighted by molar-refractivity contribution is 0.0695. The van der Waals surface area contributed by atoms with Gasteiger partial charge in [-0.1, -0.05) is 50.0 Å². The molecule has 0 radical (unpaired) electrons. The third-order valence-electron chi connectivity index (χ3n) is 6.26. The van der Waals surface area contributed by atoms with Crippen LogP contribution in [0.25, 0.3) is 12.2 Å². The lowest BCUT2D eigenvalue weighted by Gasteiger charge is -2.34. The molecular formula is C26H25NO4Si. The molecule has 3 aromatic rings. The summed E-state index contributed by atoms with van der Waals surface area (Å²) >= 11 is 0. The molecule has 0 fully saturated rings. The van der Waals surface area contributed by atoms with E-state index in [2.05, 4.69) is 42.8 Å². The third-order valence-corrected chi connectivity index (χ3v) is 9.78. The van der Waals surface area contributed by atoms with Gasteiger partial charge in [-0.05, 0) is 61.8 Å². The molecule has 32 heavy (non-hydrogen) atoms. The lowest BCUT2D eigenvalue weighted by atomic mass is 9.90. The Morgan fingerprint density at radius 3 is 2.16 bits per heavy atom. The van der Waals surface area contributed by atoms with Crippen LogP contribution in [0.5, 0.6) is 0 Å². The molecule has 1 aliphatic heterocycles. The lowest BCUT2D eigenvalue weighted by Crippen LogP contribution is -2.63. The molecule has 0 aliphatic carbocycles. The molecule has 0 spiro atoms. The van der Waals surface area contributed by atoms with Crippen LogP contribution < -0.4 is 25.7 Å². The maximum Gasteiger partial charge on any atom is 0.336 e. The van der Waals surface area contributed by atoms with Gasteiger partial charge in [0, 0.05) is 19.8 Å². The maximum atomic E-state index is 12.2. The number of anilines is 1. The number of hydrogen-bond donors (Lipinski definition) is 2. The fourth-order valence-corrected chi connectivity index (χ4v) is 7.63. The first-order valence-corrected chi connectivity index (χ1v) is 13.3. The molecule has 0 saturated heterocycles. The van der Waals surface area contributed by atoms with Crippen molar-refractivity contribution in [2.45, 2.75) is 13.1 Å². The third kappa shape index (κ3) is 3.33. The van der Waals surface area contributed by atoms with E-state index < -0.39 is 20.0 Å². The number of fused-ring (bicyclic) bond motifs is 2. The standard InChI is InChI=1S/C26H25NO4Si/c1-15-6-9-19-22(12-15)32(4,5)23-14-17(27(2)3)8-11-20(23)24(19)18-10-7-16(25(28)29)13-21(18)26(30)31/h6-14H,1H2,2-5H3,(H,28,29)(H,30,31). The van der Waals surface area contributed by atoms with Gasteiger partial charge >= 0.3 is 11.9 Å². The molecule has 1 aliphatic rings. The number of benzene rings is 3. The van der Waals surface area contributed by atoms with E-state index in [1.54, 1.807) is 6.07 Å². The van der Waals surface area contributed by atoms with Gasteiger partial charge < -0.3 is 15.1 Å². The number of nitrogens with zero attached hydrogens (tertiary/aromatic N) is 1. The Bertz CT molecular complexity index is 1410. The number of aromatic carboxylic acids is 2. The van der Waals surface area contributed by atoms with Crippen molar-refractivity contribution >= 4 is 48.2 Å². The van der Waals surface area contributed by atoms with Gasteiger partial charge in [0.2, 0.25) is 0 Å². The summed E-state index contributed by atoms with van der Waals surface area (Å²) in [6, 6.07) is 16.7. The van der Waals surface area contributed by atoms with Crippen molar-refractivity contribution < 1.29 is 19.8 Å². The Morgan fingerprint density at radius 2 is 1.53 bits per heavy atom. The van der Waals surface area contributed by atoms with Crippen LogP contribution in [-0.2, 0) is 0 Å². The van der Waals surface area contributed by atoms with E-state index in [0.717, 1.165) is 27.3 Å². The van der Waals surface area contributed by atoms with Crippen LogP contribution in [-0.4, -0.2) is 44.3 Å². The first-order chi connectivity index (χ1) is 15.0. The van der Waals surface area contributed by atoms with Crippen LogP contribution in [0.15, 0.2) is 54.6 Å². The fraction of sp³-hybridized carbons (Fsp3) is 0.154. The monoisotopic (exact) mass is 443 g/mol. The minimum atomic E-state index is -2.12. The molecule has 6 heteroatoms. The van der Waals surface area contributed by atoms with Crippen molar-refractivity contribution in [3.63, 3.8) is 0 Å². The molecule has 0 atom stereocenters. The summed E-state index contributed by atoms with van der Waals surface area (Å²) in [6.45, 7) is 8.71. The zero-order valence-electron chi connectivity index (χ0n) is 18.6. The SMILES string of the molecule is C=c1ccc2c(c1)[Si](C)(C)c1cc(N(C)C)ccc1C=2c1ccc(C(=O)O)cc1C(=O)O. The minimum absolute atomic E-state index is 0.0199. The van der Waals surface area contributed by atoms with Gasteiger partial charge in [-0.15, -0.1) is 0 Å². The van der Waals surface area contributed by atoms with Crippen molar-refractivity contribution in [2.75, 3.05) is 19.0 Å². The normalized spacial score (nSPS) is 13.8. The van der Waals surface area contributed by atoms with Gasteiger partial charge in [0.15, 0.2) is 0 Å². The summed E-state index contributed by atoms with van der Waals surface area (Å²) in [5.41, 5.74) is 3.35. The van der Waals surface area contributed by atoms with E-state index in [1.165, 1.54) is 22.5 Å². The molecule has 0 saturated carbocycles. The Hall–Kier alpha value is -3.64. The summed E-state index contributed by atoms with van der Waals surface area (Å²) in [4.78, 5) is 25.7. The highest BCUT2D eigenvalue weighted by atomic mass is 28.3. The Labute approximate surface area is 187 Å². The average Bonchev–Trinajstić information content (AvgIpc) is 2.74. The highest BCUT2D eigenvalue weighted by Gasteiger charge is 2.36. The smallest absolute Gasteiger partial charge is 0.336 e. The van der Waals surface area contributed by atoms with E-state index in [4.69, 9.17) is 0 Å². The highest BCUT2D eigenvalue weighted by molar-refractivity contribution is 7.01. The fourth-order valence-electron chi connectivity index (χ4n) is 4.52. The number of carboxylic acid groups (broad SMARTS) is 2. The van der Waals surface area contributed by atoms with E-state index in [-0.39, 0.29) is 11.1 Å². The predicted octanol–water partition coefficient (Wildman–Crippen LogP) is 1.94. The molecule has 1 heterocycles. The Balaban J connectivity index is 2.19. The van der Waals surface area contributed by atoms with Crippen molar-refractivity contribution in [1.29, 1.82) is 0 Å². The molecule has 0 aromatic heterocycles. The topological polar surface area (TPSA) is 77.8 Å². The van der Waals surface area contributed by atoms with Gasteiger partial charge in [-0.25, -0.2) is 9.59 Å². The van der Waals surface area contributed by atoms with Crippen LogP contribution in [0.4, 0.5) is 5.69 Å². The first-order valence-electron chi connectivity index (χ1n) is 10.3. The minimum Gasteiger partial charge on any atom is -0.478 e. The van der Waals surface area contributed by atoms with Crippen molar-refractivity contribution in [1.82, 2.24) is 0 Å². The molecule has 4 rings (SSSR count). The molecule has 0 unspecified atom stereocenters. The summed E-state index contributed by atoms with van der Waals surface area (Å²) < 4.78 is 0. The second-order valence-electron chi connectivity index (χ2n) is 8.87. The zero-order valence-corrected chi connectivity index (χ0v) is 19.6. The van der Waals surface area contributed by atoms with E-state index in [1.807, 2.05) is 32.3 Å². The number of hydrogen-bond acceptors (Lipinski definition) is 3. The molecule has 0 bridgehead atoms. The average molecular weight is 444 g/mol. The second-order valence-corrected chi connectivity index (χ2v) is 13.2. The van der Waals surface area contributed by atoms with Crippen molar-refractivity contribution in [2.24, 2.45) is 0 Å². The summed E-state index contributed by atoms with van der Waals surface area (Å²) in [6.07, 6.45) is 0. The second kappa shape index (κ2) is 7.49. The quantitative estimate of drug-likeness (QED) is 0.603. The van der Waals surface area contributed by atoms with E-state index >= 15 is 0 Å². The number of carboxylic acids is 2. The highest BCUT2D eigenvalue weighted by Crippen LogP contribution is 2.29. The van der Waals surface area contributed by atoms with Crippen molar-refractivity contribution in [3.05, 3.63) is 87.3 Å². The first kappa shape index (κ1) is 21.6. The van der Waals surface area contributed by atoms with E-state index in [0.29, 0.717) is 5.56 Å². The molecular weight excluding hydrogens is 418 g/mol. The van der Waals surface area contributed by atoms with Crippen LogP contribution >= 0.6 is 0 Å². The van der Waals surface area contributed by atoms with Crippen LogP contribution in [0.3, 0.4) is 0 Å². The van der Waals surface area contributed by atoms with Gasteiger partial charge in [0.1, 0.15) is 8.07 Å². The predicted molar refractivity (Wildman–Crippen MR) is 131 cm³/mol. The van der Waals surface area contributed by atoms with Gasteiger partial charge in [0.25, 0.3) is 0 Å². The summed E-state index contributed by atoms with van der Waals surface area (Å²) in [5.74, 6) is -2.31. The molecule has 5 nitrogen and oxygen atoms in total.